The lowest BCUT2D eigenvalue weighted by molar-refractivity contribution is 0.0827. The van der Waals surface area contributed by atoms with Crippen molar-refractivity contribution in [1.82, 2.24) is 15.5 Å². The van der Waals surface area contributed by atoms with Crippen LogP contribution in [0.15, 0.2) is 53.5 Å². The van der Waals surface area contributed by atoms with Crippen molar-refractivity contribution in [1.29, 1.82) is 0 Å². The molecule has 0 radical (unpaired) electrons. The van der Waals surface area contributed by atoms with E-state index in [9.17, 15) is 4.79 Å². The Kier molecular flexibility index (Phi) is 8.12. The molecule has 0 saturated heterocycles. The maximum atomic E-state index is 11.9. The van der Waals surface area contributed by atoms with Crippen LogP contribution in [0.2, 0.25) is 5.02 Å². The molecule has 2 aromatic carbocycles. The smallest absolute Gasteiger partial charge is 0.253 e. The third-order valence-electron chi connectivity index (χ3n) is 4.68. The molecule has 1 amide bonds. The summed E-state index contributed by atoms with van der Waals surface area (Å²) in [4.78, 5) is 17.8. The highest BCUT2D eigenvalue weighted by atomic mass is 127. The third-order valence-corrected chi connectivity index (χ3v) is 4.92. The molecule has 1 aliphatic rings. The van der Waals surface area contributed by atoms with Gasteiger partial charge in [-0.2, -0.15) is 0 Å². The second kappa shape index (κ2) is 10.1. The van der Waals surface area contributed by atoms with Crippen molar-refractivity contribution >= 4 is 47.4 Å². The first-order valence-corrected chi connectivity index (χ1v) is 9.39. The average Bonchev–Trinajstić information content (AvgIpc) is 3.44. The Morgan fingerprint density at radius 1 is 1.21 bits per heavy atom. The quantitative estimate of drug-likeness (QED) is 0.363. The van der Waals surface area contributed by atoms with E-state index in [0.29, 0.717) is 24.1 Å². The van der Waals surface area contributed by atoms with Gasteiger partial charge in [0.05, 0.1) is 0 Å². The Balaban J connectivity index is 0.00000280. The molecule has 0 spiro atoms. The number of carbonyl (C=O) groups is 1. The summed E-state index contributed by atoms with van der Waals surface area (Å²) in [5.74, 6) is 1.25. The van der Waals surface area contributed by atoms with Gasteiger partial charge in [-0.05, 0) is 41.8 Å². The molecule has 0 aromatic heterocycles. The minimum absolute atomic E-state index is 0. The molecular weight excluding hydrogens is 487 g/mol. The minimum atomic E-state index is 0. The zero-order valence-electron chi connectivity index (χ0n) is 16.3. The predicted molar refractivity (Wildman–Crippen MR) is 126 cm³/mol. The van der Waals surface area contributed by atoms with E-state index < -0.39 is 0 Å². The fraction of sp³-hybridized carbons (Fsp3) is 0.333. The number of rotatable bonds is 5. The zero-order valence-corrected chi connectivity index (χ0v) is 19.4. The van der Waals surface area contributed by atoms with E-state index >= 15 is 0 Å². The van der Waals surface area contributed by atoms with Gasteiger partial charge in [0.2, 0.25) is 0 Å². The highest BCUT2D eigenvalue weighted by molar-refractivity contribution is 14.0. The fourth-order valence-corrected chi connectivity index (χ4v) is 3.24. The number of hydrogen-bond donors (Lipinski definition) is 2. The van der Waals surface area contributed by atoms with E-state index in [2.05, 4.69) is 21.7 Å². The second-order valence-corrected chi connectivity index (χ2v) is 7.41. The van der Waals surface area contributed by atoms with E-state index in [-0.39, 0.29) is 29.9 Å². The molecular formula is C21H26ClIN4O. The fourth-order valence-electron chi connectivity index (χ4n) is 3.04. The monoisotopic (exact) mass is 512 g/mol. The summed E-state index contributed by atoms with van der Waals surface area (Å²) in [6.07, 6.45) is 1.07. The summed E-state index contributed by atoms with van der Waals surface area (Å²) in [5, 5.41) is 7.56. The van der Waals surface area contributed by atoms with Crippen molar-refractivity contribution < 1.29 is 4.79 Å². The number of benzene rings is 2. The standard InChI is InChI=1S/C21H25ClN4O.HI/c1-23-21(25-19-12-18(19)16-5-4-6-17(22)11-16)24-13-14-7-9-15(10-8-14)20(27)26(2)3;/h4-11,18-19H,12-13H2,1-3H3,(H2,23,24,25);1H. The maximum absolute atomic E-state index is 11.9. The molecule has 28 heavy (non-hydrogen) atoms. The van der Waals surface area contributed by atoms with Gasteiger partial charge in [-0.1, -0.05) is 35.9 Å². The van der Waals surface area contributed by atoms with Crippen LogP contribution in [0.4, 0.5) is 0 Å². The Labute approximate surface area is 188 Å². The molecule has 2 unspecified atom stereocenters. The molecule has 1 fully saturated rings. The van der Waals surface area contributed by atoms with E-state index in [4.69, 9.17) is 11.6 Å². The normalized spacial score (nSPS) is 18.1. The molecule has 3 rings (SSSR count). The van der Waals surface area contributed by atoms with Gasteiger partial charge in [-0.3, -0.25) is 9.79 Å². The molecule has 0 aliphatic heterocycles. The van der Waals surface area contributed by atoms with Gasteiger partial charge in [0, 0.05) is 50.2 Å². The highest BCUT2D eigenvalue weighted by Gasteiger charge is 2.39. The molecule has 1 saturated carbocycles. The van der Waals surface area contributed by atoms with Gasteiger partial charge < -0.3 is 15.5 Å². The van der Waals surface area contributed by atoms with Crippen LogP contribution in [0, 0.1) is 0 Å². The number of hydrogen-bond acceptors (Lipinski definition) is 2. The van der Waals surface area contributed by atoms with Crippen LogP contribution >= 0.6 is 35.6 Å². The predicted octanol–water partition coefficient (Wildman–Crippen LogP) is 3.88. The van der Waals surface area contributed by atoms with Gasteiger partial charge in [0.25, 0.3) is 5.91 Å². The Bertz CT molecular complexity index is 839. The number of carbonyl (C=O) groups excluding carboxylic acids is 1. The summed E-state index contributed by atoms with van der Waals surface area (Å²) in [7, 11) is 5.27. The van der Waals surface area contributed by atoms with Crippen LogP contribution in [0.1, 0.15) is 33.8 Å². The van der Waals surface area contributed by atoms with Gasteiger partial charge >= 0.3 is 0 Å². The second-order valence-electron chi connectivity index (χ2n) is 6.97. The van der Waals surface area contributed by atoms with Crippen molar-refractivity contribution in [3.8, 4) is 0 Å². The number of aliphatic imine (C=N–C) groups is 1. The van der Waals surface area contributed by atoms with Crippen molar-refractivity contribution in [2.24, 2.45) is 4.99 Å². The summed E-state index contributed by atoms with van der Waals surface area (Å²) in [6, 6.07) is 16.0. The van der Waals surface area contributed by atoms with Gasteiger partial charge in [0.15, 0.2) is 5.96 Å². The summed E-state index contributed by atoms with van der Waals surface area (Å²) in [6.45, 7) is 0.644. The highest BCUT2D eigenvalue weighted by Crippen LogP contribution is 2.41. The Morgan fingerprint density at radius 2 is 1.93 bits per heavy atom. The van der Waals surface area contributed by atoms with E-state index in [1.807, 2.05) is 42.5 Å². The number of amides is 1. The van der Waals surface area contributed by atoms with Crippen LogP contribution < -0.4 is 10.6 Å². The van der Waals surface area contributed by atoms with Gasteiger partial charge in [0.1, 0.15) is 0 Å². The maximum Gasteiger partial charge on any atom is 0.253 e. The van der Waals surface area contributed by atoms with E-state index in [1.54, 1.807) is 26.0 Å². The molecule has 150 valence electrons. The molecule has 7 heteroatoms. The van der Waals surface area contributed by atoms with Crippen LogP contribution in [-0.4, -0.2) is 44.0 Å². The SMILES string of the molecule is CN=C(NCc1ccc(C(=O)N(C)C)cc1)NC1CC1c1cccc(Cl)c1.I. The minimum Gasteiger partial charge on any atom is -0.353 e. The van der Waals surface area contributed by atoms with E-state index in [0.717, 1.165) is 23.0 Å². The van der Waals surface area contributed by atoms with Crippen LogP contribution in [0.3, 0.4) is 0 Å². The third kappa shape index (κ3) is 5.85. The van der Waals surface area contributed by atoms with E-state index in [1.165, 1.54) is 5.56 Å². The first kappa shape index (κ1) is 22.5. The van der Waals surface area contributed by atoms with Gasteiger partial charge in [-0.25, -0.2) is 0 Å². The largest absolute Gasteiger partial charge is 0.353 e. The first-order chi connectivity index (χ1) is 13.0. The number of halogens is 2. The lowest BCUT2D eigenvalue weighted by Gasteiger charge is -2.13. The summed E-state index contributed by atoms with van der Waals surface area (Å²) in [5.41, 5.74) is 3.04. The van der Waals surface area contributed by atoms with Crippen molar-refractivity contribution in [2.45, 2.75) is 24.9 Å². The molecule has 1 aliphatic carbocycles. The number of nitrogens with zero attached hydrogens (tertiary/aromatic N) is 2. The molecule has 2 N–H and O–H groups in total. The number of guanidine groups is 1. The molecule has 0 bridgehead atoms. The molecule has 0 heterocycles. The van der Waals surface area contributed by atoms with Crippen molar-refractivity contribution in [2.75, 3.05) is 21.1 Å². The Morgan fingerprint density at radius 3 is 2.54 bits per heavy atom. The zero-order chi connectivity index (χ0) is 19.4. The van der Waals surface area contributed by atoms with Crippen LogP contribution in [-0.2, 0) is 6.54 Å². The Hall–Kier alpha value is -1.80. The molecule has 2 aromatic rings. The van der Waals surface area contributed by atoms with Crippen molar-refractivity contribution in [3.63, 3.8) is 0 Å². The molecule has 5 nitrogen and oxygen atoms in total. The summed E-state index contributed by atoms with van der Waals surface area (Å²) < 4.78 is 0. The molecule has 2 atom stereocenters. The number of nitrogens with one attached hydrogen (secondary N) is 2. The average molecular weight is 513 g/mol. The summed E-state index contributed by atoms with van der Waals surface area (Å²) >= 11 is 6.08. The van der Waals surface area contributed by atoms with Crippen LogP contribution in [0.5, 0.6) is 0 Å². The lowest BCUT2D eigenvalue weighted by atomic mass is 10.1. The van der Waals surface area contributed by atoms with Crippen molar-refractivity contribution in [3.05, 3.63) is 70.2 Å². The first-order valence-electron chi connectivity index (χ1n) is 9.01. The topological polar surface area (TPSA) is 56.7 Å². The van der Waals surface area contributed by atoms with Gasteiger partial charge in [-0.15, -0.1) is 24.0 Å². The lowest BCUT2D eigenvalue weighted by Crippen LogP contribution is -2.38. The van der Waals surface area contributed by atoms with Crippen LogP contribution in [0.25, 0.3) is 0 Å².